The number of benzene rings is 2. The number of ether oxygens (including phenoxy) is 2. The molecular formula is C20H23N5O3. The minimum absolute atomic E-state index is 0.254. The van der Waals surface area contributed by atoms with Gasteiger partial charge in [0.15, 0.2) is 11.5 Å². The van der Waals surface area contributed by atoms with Crippen molar-refractivity contribution in [3.8, 4) is 11.5 Å². The van der Waals surface area contributed by atoms with Gasteiger partial charge in [-0.1, -0.05) is 29.5 Å². The Labute approximate surface area is 163 Å². The number of carbonyl (C=O) groups is 1. The predicted molar refractivity (Wildman–Crippen MR) is 106 cm³/mol. The molecule has 0 fully saturated rings. The summed E-state index contributed by atoms with van der Waals surface area (Å²) in [6.07, 6.45) is 0. The monoisotopic (exact) mass is 381 g/mol. The highest BCUT2D eigenvalue weighted by molar-refractivity contribution is 5.96. The van der Waals surface area contributed by atoms with Crippen LogP contribution in [-0.2, 0) is 13.1 Å². The first-order valence-electron chi connectivity index (χ1n) is 8.80. The van der Waals surface area contributed by atoms with Gasteiger partial charge in [0, 0.05) is 13.6 Å². The van der Waals surface area contributed by atoms with Crippen molar-refractivity contribution in [3.63, 3.8) is 0 Å². The Balaban J connectivity index is 1.68. The number of nitrogens with one attached hydrogen (secondary N) is 2. The molecule has 0 aliphatic rings. The van der Waals surface area contributed by atoms with Gasteiger partial charge in [0.1, 0.15) is 11.5 Å². The van der Waals surface area contributed by atoms with E-state index in [-0.39, 0.29) is 11.6 Å². The summed E-state index contributed by atoms with van der Waals surface area (Å²) < 4.78 is 12.0. The number of amides is 1. The van der Waals surface area contributed by atoms with Crippen molar-refractivity contribution >= 4 is 11.7 Å². The second-order valence-corrected chi connectivity index (χ2v) is 6.07. The summed E-state index contributed by atoms with van der Waals surface area (Å²) in [6, 6.07) is 15.2. The molecule has 8 nitrogen and oxygen atoms in total. The zero-order valence-electron chi connectivity index (χ0n) is 16.1. The smallest absolute Gasteiger partial charge is 0.275 e. The van der Waals surface area contributed by atoms with Crippen LogP contribution >= 0.6 is 0 Å². The van der Waals surface area contributed by atoms with Gasteiger partial charge in [-0.2, -0.15) is 0 Å². The van der Waals surface area contributed by atoms with Crippen molar-refractivity contribution in [2.45, 2.75) is 13.1 Å². The van der Waals surface area contributed by atoms with Crippen molar-refractivity contribution in [2.75, 3.05) is 26.6 Å². The van der Waals surface area contributed by atoms with Crippen LogP contribution < -0.4 is 20.1 Å². The fraction of sp³-hybridized carbons (Fsp3) is 0.250. The summed E-state index contributed by atoms with van der Waals surface area (Å²) in [6.45, 7) is 0.871. The van der Waals surface area contributed by atoms with E-state index in [0.29, 0.717) is 18.9 Å². The van der Waals surface area contributed by atoms with E-state index >= 15 is 0 Å². The van der Waals surface area contributed by atoms with Crippen LogP contribution in [-0.4, -0.2) is 42.2 Å². The van der Waals surface area contributed by atoms with Crippen LogP contribution in [0.1, 0.15) is 21.6 Å². The van der Waals surface area contributed by atoms with E-state index < -0.39 is 0 Å². The molecule has 2 aromatic carbocycles. The van der Waals surface area contributed by atoms with Crippen molar-refractivity contribution in [1.29, 1.82) is 0 Å². The molecule has 2 N–H and O–H groups in total. The maximum Gasteiger partial charge on any atom is 0.275 e. The third kappa shape index (κ3) is 4.40. The van der Waals surface area contributed by atoms with Gasteiger partial charge in [-0.05, 0) is 35.4 Å². The van der Waals surface area contributed by atoms with Crippen molar-refractivity contribution in [3.05, 3.63) is 65.4 Å². The topological polar surface area (TPSA) is 90.3 Å². The molecular weight excluding hydrogens is 358 g/mol. The minimum atomic E-state index is -0.291. The Morgan fingerprint density at radius 2 is 1.54 bits per heavy atom. The van der Waals surface area contributed by atoms with E-state index in [1.165, 1.54) is 0 Å². The van der Waals surface area contributed by atoms with Gasteiger partial charge in [0.05, 0.1) is 20.8 Å². The molecule has 8 heteroatoms. The molecule has 3 rings (SSSR count). The largest absolute Gasteiger partial charge is 0.497 e. The molecule has 28 heavy (non-hydrogen) atoms. The zero-order chi connectivity index (χ0) is 19.9. The summed E-state index contributed by atoms with van der Waals surface area (Å²) in [5, 5.41) is 14.1. The number of rotatable bonds is 8. The molecule has 0 unspecified atom stereocenters. The predicted octanol–water partition coefficient (Wildman–Crippen LogP) is 2.32. The van der Waals surface area contributed by atoms with Crippen LogP contribution in [0.4, 0.5) is 5.82 Å². The number of anilines is 1. The van der Waals surface area contributed by atoms with Crippen LogP contribution in [0.3, 0.4) is 0 Å². The van der Waals surface area contributed by atoms with Gasteiger partial charge in [-0.25, -0.2) is 4.68 Å². The lowest BCUT2D eigenvalue weighted by Crippen LogP contribution is -2.24. The number of carbonyl (C=O) groups excluding carboxylic acids is 1. The molecule has 0 aliphatic carbocycles. The number of hydrogen-bond donors (Lipinski definition) is 2. The van der Waals surface area contributed by atoms with Gasteiger partial charge in [-0.3, -0.25) is 4.79 Å². The van der Waals surface area contributed by atoms with Crippen LogP contribution in [0.15, 0.2) is 48.5 Å². The van der Waals surface area contributed by atoms with E-state index in [1.54, 1.807) is 25.9 Å². The van der Waals surface area contributed by atoms with Crippen molar-refractivity contribution < 1.29 is 14.3 Å². The molecule has 1 amide bonds. The average Bonchev–Trinajstić information content (AvgIpc) is 3.15. The van der Waals surface area contributed by atoms with Crippen molar-refractivity contribution in [2.24, 2.45) is 0 Å². The molecule has 1 heterocycles. The fourth-order valence-electron chi connectivity index (χ4n) is 2.74. The molecule has 146 valence electrons. The van der Waals surface area contributed by atoms with Gasteiger partial charge in [0.2, 0.25) is 0 Å². The van der Waals surface area contributed by atoms with Crippen LogP contribution in [0.25, 0.3) is 0 Å². The van der Waals surface area contributed by atoms with Gasteiger partial charge in [-0.15, -0.1) is 5.10 Å². The van der Waals surface area contributed by atoms with Crippen LogP contribution in [0.2, 0.25) is 0 Å². The van der Waals surface area contributed by atoms with E-state index in [0.717, 1.165) is 22.6 Å². The maximum absolute atomic E-state index is 12.6. The molecule has 3 aromatic rings. The van der Waals surface area contributed by atoms with E-state index in [1.807, 2.05) is 48.5 Å². The first kappa shape index (κ1) is 19.2. The Bertz CT molecular complexity index is 920. The number of nitrogens with zero attached hydrogens (tertiary/aromatic N) is 3. The van der Waals surface area contributed by atoms with Gasteiger partial charge >= 0.3 is 0 Å². The second kappa shape index (κ2) is 8.90. The Morgan fingerprint density at radius 3 is 2.07 bits per heavy atom. The lowest BCUT2D eigenvalue weighted by molar-refractivity contribution is 0.0946. The van der Waals surface area contributed by atoms with Gasteiger partial charge < -0.3 is 20.1 Å². The Morgan fingerprint density at radius 1 is 0.964 bits per heavy atom. The van der Waals surface area contributed by atoms with E-state index in [2.05, 4.69) is 20.9 Å². The molecule has 0 bridgehead atoms. The summed E-state index contributed by atoms with van der Waals surface area (Å²) in [5.41, 5.74) is 2.24. The summed E-state index contributed by atoms with van der Waals surface area (Å²) >= 11 is 0. The van der Waals surface area contributed by atoms with E-state index in [9.17, 15) is 4.79 Å². The fourth-order valence-corrected chi connectivity index (χ4v) is 2.74. The standard InChI is InChI=1S/C20H23N5O3/c1-21-19-18(20(26)22-12-14-4-8-16(27-2)9-5-14)23-24-25(19)13-15-6-10-17(28-3)11-7-15/h4-11,21H,12-13H2,1-3H3,(H,22,26). The summed E-state index contributed by atoms with van der Waals surface area (Å²) in [4.78, 5) is 12.6. The maximum atomic E-state index is 12.6. The molecule has 0 saturated heterocycles. The van der Waals surface area contributed by atoms with Crippen LogP contribution in [0, 0.1) is 0 Å². The highest BCUT2D eigenvalue weighted by atomic mass is 16.5. The van der Waals surface area contributed by atoms with Gasteiger partial charge in [0.25, 0.3) is 5.91 Å². The third-order valence-corrected chi connectivity index (χ3v) is 4.29. The average molecular weight is 381 g/mol. The lowest BCUT2D eigenvalue weighted by atomic mass is 10.2. The Hall–Kier alpha value is -3.55. The molecule has 0 spiro atoms. The molecule has 0 aliphatic heterocycles. The normalized spacial score (nSPS) is 10.4. The first-order valence-corrected chi connectivity index (χ1v) is 8.80. The number of aromatic nitrogens is 3. The van der Waals surface area contributed by atoms with E-state index in [4.69, 9.17) is 9.47 Å². The quantitative estimate of drug-likeness (QED) is 0.622. The van der Waals surface area contributed by atoms with Crippen molar-refractivity contribution in [1.82, 2.24) is 20.3 Å². The summed E-state index contributed by atoms with van der Waals surface area (Å²) in [5.74, 6) is 1.83. The second-order valence-electron chi connectivity index (χ2n) is 6.07. The van der Waals surface area contributed by atoms with Crippen LogP contribution in [0.5, 0.6) is 11.5 Å². The SMILES string of the molecule is CNc1c(C(=O)NCc2ccc(OC)cc2)nnn1Cc1ccc(OC)cc1. The molecule has 0 saturated carbocycles. The molecule has 0 atom stereocenters. The highest BCUT2D eigenvalue weighted by Crippen LogP contribution is 2.17. The lowest BCUT2D eigenvalue weighted by Gasteiger charge is -2.09. The zero-order valence-corrected chi connectivity index (χ0v) is 16.1. The first-order chi connectivity index (χ1) is 13.6. The summed E-state index contributed by atoms with van der Waals surface area (Å²) in [7, 11) is 4.98. The minimum Gasteiger partial charge on any atom is -0.497 e. The number of methoxy groups -OCH3 is 2. The molecule has 1 aromatic heterocycles. The highest BCUT2D eigenvalue weighted by Gasteiger charge is 2.19. The number of hydrogen-bond acceptors (Lipinski definition) is 6. The third-order valence-electron chi connectivity index (χ3n) is 4.29. The Kier molecular flexibility index (Phi) is 6.11. The molecule has 0 radical (unpaired) electrons.